The summed E-state index contributed by atoms with van der Waals surface area (Å²) in [5.41, 5.74) is 0. The lowest BCUT2D eigenvalue weighted by Gasteiger charge is -2.30. The van der Waals surface area contributed by atoms with Crippen molar-refractivity contribution < 1.29 is 9.90 Å². The van der Waals surface area contributed by atoms with Crippen LogP contribution < -0.4 is 0 Å². The summed E-state index contributed by atoms with van der Waals surface area (Å²) in [6, 6.07) is 0. The van der Waals surface area contributed by atoms with Crippen LogP contribution in [0.2, 0.25) is 0 Å². The van der Waals surface area contributed by atoms with Crippen LogP contribution in [0.4, 0.5) is 0 Å². The minimum atomic E-state index is -0.833. The fourth-order valence-corrected chi connectivity index (χ4v) is 3.11. The molecular weight excluding hydrogens is 286 g/mol. The van der Waals surface area contributed by atoms with E-state index in [0.29, 0.717) is 0 Å². The number of piperidine rings is 1. The van der Waals surface area contributed by atoms with E-state index in [4.69, 9.17) is 9.90 Å². The van der Waals surface area contributed by atoms with Gasteiger partial charge in [0.25, 0.3) is 5.97 Å². The van der Waals surface area contributed by atoms with E-state index in [1.54, 1.807) is 0 Å². The van der Waals surface area contributed by atoms with Gasteiger partial charge in [0.05, 0.1) is 0 Å². The zero-order valence-electron chi connectivity index (χ0n) is 16.0. The minimum absolute atomic E-state index is 0.833. The average molecular weight is 328 g/mol. The van der Waals surface area contributed by atoms with Gasteiger partial charge in [-0.05, 0) is 44.8 Å². The van der Waals surface area contributed by atoms with Gasteiger partial charge in [0.15, 0.2) is 0 Å². The molecule has 0 aromatic rings. The standard InChI is InChI=1S/C18H37N.C2H4O2/c1-3-4-5-6-7-8-9-10-11-12-15-19-16-13-18(2)14-17-19;1-2(3)4/h18H,3-17H2,1-2H3;1H3,(H,3,4). The Balaban J connectivity index is 0.00000108. The summed E-state index contributed by atoms with van der Waals surface area (Å²) < 4.78 is 0. The number of hydrogen-bond donors (Lipinski definition) is 1. The molecule has 1 saturated heterocycles. The Bertz CT molecular complexity index is 256. The Kier molecular flexibility index (Phi) is 15.9. The predicted octanol–water partition coefficient (Wildman–Crippen LogP) is 5.73. The smallest absolute Gasteiger partial charge is 0.300 e. The summed E-state index contributed by atoms with van der Waals surface area (Å²) in [4.78, 5) is 11.7. The number of rotatable bonds is 11. The van der Waals surface area contributed by atoms with Crippen molar-refractivity contribution in [3.63, 3.8) is 0 Å². The van der Waals surface area contributed by atoms with Gasteiger partial charge in [0.2, 0.25) is 0 Å². The van der Waals surface area contributed by atoms with E-state index in [0.717, 1.165) is 12.8 Å². The van der Waals surface area contributed by atoms with Crippen LogP contribution in [-0.4, -0.2) is 35.6 Å². The van der Waals surface area contributed by atoms with Gasteiger partial charge >= 0.3 is 0 Å². The molecular formula is C20H41NO2. The highest BCUT2D eigenvalue weighted by atomic mass is 16.4. The quantitative estimate of drug-likeness (QED) is 0.493. The van der Waals surface area contributed by atoms with Gasteiger partial charge in [-0.1, -0.05) is 71.6 Å². The number of carboxylic acids is 1. The summed E-state index contributed by atoms with van der Waals surface area (Å²) in [7, 11) is 0. The Hall–Kier alpha value is -0.570. The van der Waals surface area contributed by atoms with Gasteiger partial charge < -0.3 is 10.0 Å². The monoisotopic (exact) mass is 327 g/mol. The molecule has 23 heavy (non-hydrogen) atoms. The Morgan fingerprint density at radius 2 is 1.30 bits per heavy atom. The molecule has 3 nitrogen and oxygen atoms in total. The van der Waals surface area contributed by atoms with Crippen LogP contribution in [-0.2, 0) is 4.79 Å². The summed E-state index contributed by atoms with van der Waals surface area (Å²) in [5.74, 6) is 0.143. The maximum Gasteiger partial charge on any atom is 0.300 e. The molecule has 0 aliphatic carbocycles. The van der Waals surface area contributed by atoms with Crippen LogP contribution in [0.25, 0.3) is 0 Å². The second-order valence-corrected chi connectivity index (χ2v) is 7.23. The van der Waals surface area contributed by atoms with Gasteiger partial charge in [-0.3, -0.25) is 4.79 Å². The van der Waals surface area contributed by atoms with Gasteiger partial charge in [0.1, 0.15) is 0 Å². The first-order chi connectivity index (χ1) is 11.1. The van der Waals surface area contributed by atoms with Crippen molar-refractivity contribution in [3.8, 4) is 0 Å². The predicted molar refractivity (Wildman–Crippen MR) is 100.0 cm³/mol. The Morgan fingerprint density at radius 1 is 0.913 bits per heavy atom. The first kappa shape index (κ1) is 22.4. The fourth-order valence-electron chi connectivity index (χ4n) is 3.11. The molecule has 0 unspecified atom stereocenters. The molecule has 0 aromatic carbocycles. The van der Waals surface area contributed by atoms with Crippen LogP contribution in [0.1, 0.15) is 97.8 Å². The zero-order chi connectivity index (χ0) is 17.3. The maximum absolute atomic E-state index is 9.00. The molecule has 3 heteroatoms. The van der Waals surface area contributed by atoms with E-state index in [9.17, 15) is 0 Å². The Labute approximate surface area is 144 Å². The van der Waals surface area contributed by atoms with Crippen LogP contribution in [0, 0.1) is 5.92 Å². The number of unbranched alkanes of at least 4 members (excludes halogenated alkanes) is 9. The SMILES string of the molecule is CC(=O)O.CCCCCCCCCCCCN1CCC(C)CC1. The van der Waals surface area contributed by atoms with Crippen molar-refractivity contribution in [2.45, 2.75) is 97.8 Å². The second kappa shape index (κ2) is 16.3. The van der Waals surface area contributed by atoms with E-state index in [2.05, 4.69) is 18.7 Å². The van der Waals surface area contributed by atoms with Crippen molar-refractivity contribution in [1.82, 2.24) is 4.90 Å². The van der Waals surface area contributed by atoms with Gasteiger partial charge in [-0.15, -0.1) is 0 Å². The van der Waals surface area contributed by atoms with Crippen LogP contribution in [0.15, 0.2) is 0 Å². The van der Waals surface area contributed by atoms with Crippen molar-refractivity contribution in [2.75, 3.05) is 19.6 Å². The molecule has 138 valence electrons. The van der Waals surface area contributed by atoms with Gasteiger partial charge in [-0.25, -0.2) is 0 Å². The first-order valence-electron chi connectivity index (χ1n) is 9.98. The normalized spacial score (nSPS) is 16.0. The van der Waals surface area contributed by atoms with E-state index in [-0.39, 0.29) is 0 Å². The van der Waals surface area contributed by atoms with Crippen molar-refractivity contribution >= 4 is 5.97 Å². The fraction of sp³-hybridized carbons (Fsp3) is 0.950. The second-order valence-electron chi connectivity index (χ2n) is 7.23. The highest BCUT2D eigenvalue weighted by Gasteiger charge is 2.14. The topological polar surface area (TPSA) is 40.5 Å². The number of hydrogen-bond acceptors (Lipinski definition) is 2. The first-order valence-corrected chi connectivity index (χ1v) is 9.98. The molecule has 0 atom stereocenters. The zero-order valence-corrected chi connectivity index (χ0v) is 16.0. The lowest BCUT2D eigenvalue weighted by Crippen LogP contribution is -2.33. The largest absolute Gasteiger partial charge is 0.481 e. The molecule has 0 bridgehead atoms. The van der Waals surface area contributed by atoms with Crippen LogP contribution in [0.3, 0.4) is 0 Å². The highest BCUT2D eigenvalue weighted by Crippen LogP contribution is 2.17. The average Bonchev–Trinajstić information content (AvgIpc) is 2.50. The summed E-state index contributed by atoms with van der Waals surface area (Å²) in [6.45, 7) is 9.86. The van der Waals surface area contributed by atoms with Crippen LogP contribution >= 0.6 is 0 Å². The van der Waals surface area contributed by atoms with E-state index in [1.807, 2.05) is 0 Å². The number of carbonyl (C=O) groups is 1. The number of likely N-dealkylation sites (tertiary alicyclic amines) is 1. The molecule has 0 aromatic heterocycles. The molecule has 0 radical (unpaired) electrons. The number of carboxylic acid groups (broad SMARTS) is 1. The lowest BCUT2D eigenvalue weighted by molar-refractivity contribution is -0.134. The third-order valence-electron chi connectivity index (χ3n) is 4.70. The maximum atomic E-state index is 9.00. The molecule has 1 N–H and O–H groups in total. The number of nitrogens with zero attached hydrogens (tertiary/aromatic N) is 1. The lowest BCUT2D eigenvalue weighted by atomic mass is 9.99. The van der Waals surface area contributed by atoms with Gasteiger partial charge in [0, 0.05) is 6.92 Å². The van der Waals surface area contributed by atoms with Crippen molar-refractivity contribution in [2.24, 2.45) is 5.92 Å². The molecule has 1 fully saturated rings. The summed E-state index contributed by atoms with van der Waals surface area (Å²) in [5, 5.41) is 7.42. The molecule has 1 aliphatic rings. The molecule has 1 heterocycles. The molecule has 0 spiro atoms. The Morgan fingerprint density at radius 3 is 1.74 bits per heavy atom. The van der Waals surface area contributed by atoms with Gasteiger partial charge in [-0.2, -0.15) is 0 Å². The third kappa shape index (κ3) is 17.6. The minimum Gasteiger partial charge on any atom is -0.481 e. The molecule has 0 amide bonds. The van der Waals surface area contributed by atoms with E-state index >= 15 is 0 Å². The molecule has 1 rings (SSSR count). The van der Waals surface area contributed by atoms with E-state index in [1.165, 1.54) is 96.7 Å². The summed E-state index contributed by atoms with van der Waals surface area (Å²) in [6.07, 6.45) is 17.4. The molecule has 0 saturated carbocycles. The molecule has 1 aliphatic heterocycles. The summed E-state index contributed by atoms with van der Waals surface area (Å²) >= 11 is 0. The number of aliphatic carboxylic acids is 1. The van der Waals surface area contributed by atoms with Crippen LogP contribution in [0.5, 0.6) is 0 Å². The van der Waals surface area contributed by atoms with Crippen molar-refractivity contribution in [3.05, 3.63) is 0 Å². The third-order valence-corrected chi connectivity index (χ3v) is 4.70. The van der Waals surface area contributed by atoms with Crippen molar-refractivity contribution in [1.29, 1.82) is 0 Å². The highest BCUT2D eigenvalue weighted by molar-refractivity contribution is 5.62. The van der Waals surface area contributed by atoms with E-state index < -0.39 is 5.97 Å².